The number of hydrogen-bond donors (Lipinski definition) is 2. The third-order valence-corrected chi connectivity index (χ3v) is 3.26. The molecule has 0 spiro atoms. The second kappa shape index (κ2) is 5.85. The highest BCUT2D eigenvalue weighted by Crippen LogP contribution is 2.18. The molecule has 1 heterocycles. The maximum Gasteiger partial charge on any atom is 0.251 e. The molecule has 0 atom stereocenters. The molecule has 0 saturated heterocycles. The molecule has 0 aromatic carbocycles. The van der Waals surface area contributed by atoms with E-state index in [0.29, 0.717) is 11.6 Å². The lowest BCUT2D eigenvalue weighted by Crippen LogP contribution is -2.32. The molecule has 4 nitrogen and oxygen atoms in total. The van der Waals surface area contributed by atoms with Gasteiger partial charge in [0.05, 0.1) is 0 Å². The van der Waals surface area contributed by atoms with Crippen LogP contribution in [0.2, 0.25) is 0 Å². The number of nitrogens with one attached hydrogen (secondary N) is 2. The van der Waals surface area contributed by atoms with Gasteiger partial charge in [0.15, 0.2) is 0 Å². The fourth-order valence-electron chi connectivity index (χ4n) is 2.41. The summed E-state index contributed by atoms with van der Waals surface area (Å²) in [6.07, 6.45) is 4.66. The van der Waals surface area contributed by atoms with E-state index in [1.54, 1.807) is 0 Å². The lowest BCUT2D eigenvalue weighted by atomic mass is 10.2. The minimum Gasteiger partial charge on any atom is -0.370 e. The highest BCUT2D eigenvalue weighted by molar-refractivity contribution is 5.95. The van der Waals surface area contributed by atoms with Gasteiger partial charge in [0.1, 0.15) is 5.82 Å². The van der Waals surface area contributed by atoms with Crippen molar-refractivity contribution in [2.45, 2.75) is 45.6 Å². The van der Waals surface area contributed by atoms with E-state index in [1.165, 1.54) is 12.8 Å². The highest BCUT2D eigenvalue weighted by atomic mass is 16.1. The van der Waals surface area contributed by atoms with Crippen LogP contribution in [0, 0.1) is 6.92 Å². The lowest BCUT2D eigenvalue weighted by Gasteiger charge is -2.13. The van der Waals surface area contributed by atoms with Gasteiger partial charge in [-0.1, -0.05) is 12.8 Å². The summed E-state index contributed by atoms with van der Waals surface area (Å²) in [5.74, 6) is 0.792. The van der Waals surface area contributed by atoms with Crippen molar-refractivity contribution in [2.75, 3.05) is 11.9 Å². The normalized spacial score (nSPS) is 15.7. The molecule has 18 heavy (non-hydrogen) atoms. The van der Waals surface area contributed by atoms with E-state index in [1.807, 2.05) is 26.0 Å². The van der Waals surface area contributed by atoms with Gasteiger partial charge < -0.3 is 10.6 Å². The van der Waals surface area contributed by atoms with Gasteiger partial charge in [-0.05, 0) is 38.8 Å². The van der Waals surface area contributed by atoms with Crippen LogP contribution in [0.3, 0.4) is 0 Å². The minimum absolute atomic E-state index is 0.0200. The third-order valence-electron chi connectivity index (χ3n) is 3.26. The summed E-state index contributed by atoms with van der Waals surface area (Å²) >= 11 is 0. The van der Waals surface area contributed by atoms with Crippen LogP contribution in [0.1, 0.15) is 48.7 Å². The second-order valence-electron chi connectivity index (χ2n) is 4.87. The molecule has 1 fully saturated rings. The Balaban J connectivity index is 2.08. The number of aromatic nitrogens is 1. The molecule has 98 valence electrons. The predicted octanol–water partition coefficient (Wildman–Crippen LogP) is 2.49. The van der Waals surface area contributed by atoms with E-state index < -0.39 is 0 Å². The number of amides is 1. The summed E-state index contributed by atoms with van der Waals surface area (Å²) in [5, 5.41) is 6.24. The van der Waals surface area contributed by atoms with Gasteiger partial charge in [-0.2, -0.15) is 0 Å². The molecule has 0 aliphatic heterocycles. The molecule has 1 aromatic rings. The quantitative estimate of drug-likeness (QED) is 0.859. The monoisotopic (exact) mass is 247 g/mol. The molecule has 1 aliphatic rings. The van der Waals surface area contributed by atoms with Crippen molar-refractivity contribution in [3.05, 3.63) is 23.4 Å². The second-order valence-corrected chi connectivity index (χ2v) is 4.87. The van der Waals surface area contributed by atoms with Crippen molar-refractivity contribution in [3.63, 3.8) is 0 Å². The number of anilines is 1. The molecule has 0 unspecified atom stereocenters. The van der Waals surface area contributed by atoms with Crippen LogP contribution in [-0.4, -0.2) is 23.5 Å². The largest absolute Gasteiger partial charge is 0.370 e. The number of nitrogens with zero attached hydrogens (tertiary/aromatic N) is 1. The molecule has 1 saturated carbocycles. The minimum atomic E-state index is 0.0200. The molecule has 0 radical (unpaired) electrons. The zero-order valence-electron chi connectivity index (χ0n) is 11.1. The molecule has 0 bridgehead atoms. The number of rotatable bonds is 4. The van der Waals surface area contributed by atoms with E-state index in [2.05, 4.69) is 15.6 Å². The Labute approximate surface area is 108 Å². The Morgan fingerprint density at radius 1 is 1.39 bits per heavy atom. The topological polar surface area (TPSA) is 54.0 Å². The Morgan fingerprint density at radius 2 is 2.11 bits per heavy atom. The highest BCUT2D eigenvalue weighted by Gasteiger charge is 2.18. The van der Waals surface area contributed by atoms with Crippen molar-refractivity contribution >= 4 is 11.7 Å². The Bertz CT molecular complexity index is 425. The number of carbonyl (C=O) groups is 1. The Morgan fingerprint density at radius 3 is 2.78 bits per heavy atom. The first-order valence-corrected chi connectivity index (χ1v) is 6.72. The smallest absolute Gasteiger partial charge is 0.251 e. The van der Waals surface area contributed by atoms with Gasteiger partial charge in [-0.15, -0.1) is 0 Å². The molecule has 1 aliphatic carbocycles. The molecular weight excluding hydrogens is 226 g/mol. The maximum atomic E-state index is 12.1. The number of hydrogen-bond acceptors (Lipinski definition) is 3. The van der Waals surface area contributed by atoms with Crippen molar-refractivity contribution in [1.29, 1.82) is 0 Å². The maximum absolute atomic E-state index is 12.1. The standard InChI is InChI=1S/C14H21N3O/c1-3-15-13-9-11(8-10(2)16-13)14(18)17-12-6-4-5-7-12/h8-9,12H,3-7H2,1-2H3,(H,15,16)(H,17,18). The zero-order chi connectivity index (χ0) is 13.0. The summed E-state index contributed by atoms with van der Waals surface area (Å²) in [5.41, 5.74) is 1.57. The number of pyridine rings is 1. The van der Waals surface area contributed by atoms with Gasteiger partial charge in [0.25, 0.3) is 5.91 Å². The third kappa shape index (κ3) is 3.22. The van der Waals surface area contributed by atoms with Crippen LogP contribution in [0.15, 0.2) is 12.1 Å². The fourth-order valence-corrected chi connectivity index (χ4v) is 2.41. The van der Waals surface area contributed by atoms with Gasteiger partial charge in [-0.3, -0.25) is 4.79 Å². The van der Waals surface area contributed by atoms with E-state index in [0.717, 1.165) is 30.9 Å². The lowest BCUT2D eigenvalue weighted by molar-refractivity contribution is 0.0937. The molecule has 1 amide bonds. The van der Waals surface area contributed by atoms with E-state index in [9.17, 15) is 4.79 Å². The van der Waals surface area contributed by atoms with Crippen LogP contribution in [0.5, 0.6) is 0 Å². The molecule has 2 rings (SSSR count). The summed E-state index contributed by atoms with van der Waals surface area (Å²) in [7, 11) is 0. The summed E-state index contributed by atoms with van der Waals surface area (Å²) in [6, 6.07) is 4.01. The van der Waals surface area contributed by atoms with Crippen molar-refractivity contribution in [3.8, 4) is 0 Å². The SMILES string of the molecule is CCNc1cc(C(=O)NC2CCCC2)cc(C)n1. The van der Waals surface area contributed by atoms with Crippen molar-refractivity contribution < 1.29 is 4.79 Å². The number of aryl methyl sites for hydroxylation is 1. The summed E-state index contributed by atoms with van der Waals surface area (Å²) in [4.78, 5) is 16.5. The van der Waals surface area contributed by atoms with E-state index in [4.69, 9.17) is 0 Å². The van der Waals surface area contributed by atoms with Gasteiger partial charge >= 0.3 is 0 Å². The average Bonchev–Trinajstić information content (AvgIpc) is 2.81. The fraction of sp³-hybridized carbons (Fsp3) is 0.571. The Kier molecular flexibility index (Phi) is 4.18. The molecule has 1 aromatic heterocycles. The van der Waals surface area contributed by atoms with Crippen LogP contribution in [0.25, 0.3) is 0 Å². The van der Waals surface area contributed by atoms with E-state index >= 15 is 0 Å². The molecule has 4 heteroatoms. The first kappa shape index (κ1) is 12.9. The first-order chi connectivity index (χ1) is 8.69. The zero-order valence-corrected chi connectivity index (χ0v) is 11.1. The Hall–Kier alpha value is -1.58. The summed E-state index contributed by atoms with van der Waals surface area (Å²) in [6.45, 7) is 4.73. The van der Waals surface area contributed by atoms with Crippen molar-refractivity contribution in [2.24, 2.45) is 0 Å². The molecule has 2 N–H and O–H groups in total. The predicted molar refractivity (Wildman–Crippen MR) is 72.9 cm³/mol. The van der Waals surface area contributed by atoms with E-state index in [-0.39, 0.29) is 5.91 Å². The van der Waals surface area contributed by atoms with Gasteiger partial charge in [0.2, 0.25) is 0 Å². The molecular formula is C14H21N3O. The van der Waals surface area contributed by atoms with Crippen LogP contribution in [0.4, 0.5) is 5.82 Å². The van der Waals surface area contributed by atoms with Crippen LogP contribution < -0.4 is 10.6 Å². The average molecular weight is 247 g/mol. The van der Waals surface area contributed by atoms with Crippen LogP contribution >= 0.6 is 0 Å². The van der Waals surface area contributed by atoms with Crippen molar-refractivity contribution in [1.82, 2.24) is 10.3 Å². The van der Waals surface area contributed by atoms with Crippen LogP contribution in [-0.2, 0) is 0 Å². The summed E-state index contributed by atoms with van der Waals surface area (Å²) < 4.78 is 0. The van der Waals surface area contributed by atoms with Gasteiger partial charge in [-0.25, -0.2) is 4.98 Å². The number of carbonyl (C=O) groups excluding carboxylic acids is 1. The van der Waals surface area contributed by atoms with Gasteiger partial charge in [0, 0.05) is 23.8 Å². The first-order valence-electron chi connectivity index (χ1n) is 6.72.